The fourth-order valence-electron chi connectivity index (χ4n) is 2.02. The van der Waals surface area contributed by atoms with E-state index in [0.717, 1.165) is 0 Å². The number of carboxylic acid groups (broad SMARTS) is 1. The van der Waals surface area contributed by atoms with Crippen LogP contribution in [0.2, 0.25) is 5.02 Å². The van der Waals surface area contributed by atoms with Gasteiger partial charge in [-0.3, -0.25) is 4.79 Å². The molecule has 0 saturated heterocycles. The second-order valence-electron chi connectivity index (χ2n) is 6.15. The number of Topliss-reactive ketones (excluding diaryl/α,β-unsaturated/α-hetero) is 1. The lowest BCUT2D eigenvalue weighted by molar-refractivity contribution is -0.131. The maximum absolute atomic E-state index is 11.4. The number of ether oxygens (including phenoxy) is 1. The summed E-state index contributed by atoms with van der Waals surface area (Å²) in [5.74, 6) is -1.53. The third-order valence-electron chi connectivity index (χ3n) is 3.34. The Balaban J connectivity index is 2.19. The molecular weight excluding hydrogens is 316 g/mol. The first-order valence-electron chi connectivity index (χ1n) is 7.04. The van der Waals surface area contributed by atoms with Crippen molar-refractivity contribution in [3.05, 3.63) is 58.6 Å². The van der Waals surface area contributed by atoms with Crippen LogP contribution in [0.15, 0.2) is 42.5 Å². The quantitative estimate of drug-likeness (QED) is 0.651. The Morgan fingerprint density at radius 3 is 2.04 bits per heavy atom. The summed E-state index contributed by atoms with van der Waals surface area (Å²) in [6.45, 7) is 6.38. The van der Waals surface area contributed by atoms with Crippen LogP contribution in [0.25, 0.3) is 0 Å². The van der Waals surface area contributed by atoms with Crippen LogP contribution in [-0.2, 0) is 10.2 Å². The van der Waals surface area contributed by atoms with E-state index in [4.69, 9.17) is 21.4 Å². The molecule has 0 unspecified atom stereocenters. The summed E-state index contributed by atoms with van der Waals surface area (Å²) in [5.41, 5.74) is 1.18. The number of aliphatic carboxylic acids is 1. The van der Waals surface area contributed by atoms with Gasteiger partial charge in [-0.1, -0.05) is 44.5 Å². The first-order valence-corrected chi connectivity index (χ1v) is 7.42. The molecule has 0 radical (unpaired) electrons. The lowest BCUT2D eigenvalue weighted by Gasteiger charge is -2.19. The van der Waals surface area contributed by atoms with E-state index in [1.54, 1.807) is 0 Å². The average molecular weight is 333 g/mol. The first-order chi connectivity index (χ1) is 10.7. The minimum absolute atomic E-state index is 0.0428. The molecule has 4 nitrogen and oxygen atoms in total. The minimum atomic E-state index is -1.54. The highest BCUT2D eigenvalue weighted by Gasteiger charge is 2.18. The van der Waals surface area contributed by atoms with E-state index < -0.39 is 11.8 Å². The molecule has 2 aromatic rings. The molecule has 0 aliphatic heterocycles. The van der Waals surface area contributed by atoms with Crippen LogP contribution in [0.4, 0.5) is 0 Å². The zero-order chi connectivity index (χ0) is 17.2. The van der Waals surface area contributed by atoms with Gasteiger partial charge >= 0.3 is 5.97 Å². The van der Waals surface area contributed by atoms with Crippen molar-refractivity contribution in [3.63, 3.8) is 0 Å². The normalized spacial score (nSPS) is 11.1. The average Bonchev–Trinajstić information content (AvgIpc) is 2.46. The third kappa shape index (κ3) is 4.11. The van der Waals surface area contributed by atoms with E-state index in [-0.39, 0.29) is 16.0 Å². The first kappa shape index (κ1) is 17.0. The lowest BCUT2D eigenvalue weighted by Crippen LogP contribution is -2.13. The van der Waals surface area contributed by atoms with Gasteiger partial charge in [0.1, 0.15) is 11.5 Å². The molecule has 23 heavy (non-hydrogen) atoms. The second kappa shape index (κ2) is 6.42. The molecule has 2 rings (SSSR count). The van der Waals surface area contributed by atoms with Crippen LogP contribution < -0.4 is 4.74 Å². The summed E-state index contributed by atoms with van der Waals surface area (Å²) in [6, 6.07) is 12.0. The number of carbonyl (C=O) groups excluding carboxylic acids is 1. The van der Waals surface area contributed by atoms with Gasteiger partial charge in [-0.2, -0.15) is 0 Å². The highest BCUT2D eigenvalue weighted by molar-refractivity contribution is 6.45. The van der Waals surface area contributed by atoms with Crippen LogP contribution in [0, 0.1) is 0 Å². The molecule has 0 bridgehead atoms. The summed E-state index contributed by atoms with van der Waals surface area (Å²) in [5, 5.41) is 8.76. The molecule has 120 valence electrons. The number of hydrogen-bond donors (Lipinski definition) is 1. The lowest BCUT2D eigenvalue weighted by atomic mass is 9.87. The Morgan fingerprint density at radius 2 is 1.57 bits per heavy atom. The monoisotopic (exact) mass is 332 g/mol. The van der Waals surface area contributed by atoms with Crippen molar-refractivity contribution >= 4 is 23.4 Å². The highest BCUT2D eigenvalue weighted by Crippen LogP contribution is 2.29. The fraction of sp³-hybridized carbons (Fsp3) is 0.222. The molecule has 0 saturated carbocycles. The molecule has 0 amide bonds. The predicted octanol–water partition coefficient (Wildman–Crippen LogP) is 4.70. The van der Waals surface area contributed by atoms with Crippen molar-refractivity contribution in [3.8, 4) is 11.5 Å². The van der Waals surface area contributed by atoms with Crippen molar-refractivity contribution in [1.82, 2.24) is 0 Å². The van der Waals surface area contributed by atoms with E-state index in [1.165, 1.54) is 23.8 Å². The highest BCUT2D eigenvalue weighted by atomic mass is 35.5. The topological polar surface area (TPSA) is 63.6 Å². The Morgan fingerprint density at radius 1 is 1.00 bits per heavy atom. The number of carbonyl (C=O) groups is 2. The second-order valence-corrected chi connectivity index (χ2v) is 6.56. The van der Waals surface area contributed by atoms with Crippen molar-refractivity contribution in [1.29, 1.82) is 0 Å². The smallest absolute Gasteiger partial charge is 0.377 e. The van der Waals surface area contributed by atoms with E-state index in [1.807, 2.05) is 24.3 Å². The maximum Gasteiger partial charge on any atom is 0.377 e. The van der Waals surface area contributed by atoms with E-state index in [2.05, 4.69) is 20.8 Å². The Labute approximate surface area is 139 Å². The van der Waals surface area contributed by atoms with Gasteiger partial charge in [-0.25, -0.2) is 4.79 Å². The van der Waals surface area contributed by atoms with Crippen LogP contribution in [0.5, 0.6) is 11.5 Å². The largest absolute Gasteiger partial charge is 0.475 e. The zero-order valence-corrected chi connectivity index (χ0v) is 13.8. The number of halogens is 1. The number of ketones is 1. The number of rotatable bonds is 4. The zero-order valence-electron chi connectivity index (χ0n) is 13.1. The molecule has 0 heterocycles. The molecule has 0 spiro atoms. The molecule has 2 aromatic carbocycles. The van der Waals surface area contributed by atoms with E-state index >= 15 is 0 Å². The fourth-order valence-corrected chi connectivity index (χ4v) is 2.27. The molecule has 0 fully saturated rings. The van der Waals surface area contributed by atoms with Crippen LogP contribution in [0.3, 0.4) is 0 Å². The predicted molar refractivity (Wildman–Crippen MR) is 88.6 cm³/mol. The van der Waals surface area contributed by atoms with Crippen molar-refractivity contribution in [2.45, 2.75) is 26.2 Å². The van der Waals surface area contributed by atoms with Crippen LogP contribution in [0.1, 0.15) is 36.7 Å². The van der Waals surface area contributed by atoms with Crippen molar-refractivity contribution in [2.75, 3.05) is 0 Å². The minimum Gasteiger partial charge on any atom is -0.475 e. The van der Waals surface area contributed by atoms with E-state index in [9.17, 15) is 9.59 Å². The summed E-state index contributed by atoms with van der Waals surface area (Å²) < 4.78 is 5.68. The Kier molecular flexibility index (Phi) is 4.76. The van der Waals surface area contributed by atoms with Crippen molar-refractivity contribution < 1.29 is 19.4 Å². The van der Waals surface area contributed by atoms with Gasteiger partial charge in [-0.05, 0) is 35.2 Å². The van der Waals surface area contributed by atoms with Gasteiger partial charge in [0.05, 0.1) is 5.02 Å². The molecule has 0 atom stereocenters. The van der Waals surface area contributed by atoms with Crippen molar-refractivity contribution in [2.24, 2.45) is 0 Å². The molecular formula is C18H17ClO4. The Bertz CT molecular complexity index is 743. The summed E-state index contributed by atoms with van der Waals surface area (Å²) in [7, 11) is 0. The number of benzene rings is 2. The van der Waals surface area contributed by atoms with Gasteiger partial charge in [-0.15, -0.1) is 0 Å². The summed E-state index contributed by atoms with van der Waals surface area (Å²) in [4.78, 5) is 22.1. The molecule has 0 aliphatic carbocycles. The Hall–Kier alpha value is -2.33. The maximum atomic E-state index is 11.4. The summed E-state index contributed by atoms with van der Waals surface area (Å²) >= 11 is 5.96. The molecule has 0 aromatic heterocycles. The van der Waals surface area contributed by atoms with Gasteiger partial charge in [0.25, 0.3) is 5.78 Å². The number of hydrogen-bond acceptors (Lipinski definition) is 3. The molecule has 1 N–H and O–H groups in total. The molecule has 0 aliphatic rings. The van der Waals surface area contributed by atoms with Crippen LogP contribution >= 0.6 is 11.6 Å². The van der Waals surface area contributed by atoms with Gasteiger partial charge < -0.3 is 9.84 Å². The molecule has 5 heteroatoms. The van der Waals surface area contributed by atoms with Gasteiger partial charge in [0.15, 0.2) is 0 Å². The van der Waals surface area contributed by atoms with E-state index in [0.29, 0.717) is 11.5 Å². The standard InChI is InChI=1S/C18H17ClO4/c1-18(2,3)11-4-6-12(7-5-11)23-13-8-9-14(15(19)10-13)16(20)17(21)22/h4-10H,1-3H3,(H,21,22). The van der Waals surface area contributed by atoms with Crippen LogP contribution in [-0.4, -0.2) is 16.9 Å². The summed E-state index contributed by atoms with van der Waals surface area (Å²) in [6.07, 6.45) is 0. The van der Waals surface area contributed by atoms with Gasteiger partial charge in [0.2, 0.25) is 0 Å². The third-order valence-corrected chi connectivity index (χ3v) is 3.65. The SMILES string of the molecule is CC(C)(C)c1ccc(Oc2ccc(C(=O)C(=O)O)c(Cl)c2)cc1. The van der Waals surface area contributed by atoms with Gasteiger partial charge in [0, 0.05) is 11.6 Å². The number of carboxylic acids is 1.